The molecule has 0 radical (unpaired) electrons. The predicted molar refractivity (Wildman–Crippen MR) is 110 cm³/mol. The number of aromatic nitrogens is 3. The molecule has 1 aliphatic heterocycles. The number of nitrogens with one attached hydrogen (secondary N) is 1. The first-order chi connectivity index (χ1) is 14.7. The van der Waals surface area contributed by atoms with E-state index in [1.807, 2.05) is 0 Å². The maximum absolute atomic E-state index is 12.7. The summed E-state index contributed by atoms with van der Waals surface area (Å²) in [6.07, 6.45) is 6.31. The quantitative estimate of drug-likeness (QED) is 0.797. The predicted octanol–water partition coefficient (Wildman–Crippen LogP) is 3.06. The summed E-state index contributed by atoms with van der Waals surface area (Å²) in [5.74, 6) is 2.21. The third-order valence-corrected chi connectivity index (χ3v) is 7.23. The Morgan fingerprint density at radius 3 is 2.73 bits per heavy atom. The van der Waals surface area contributed by atoms with Gasteiger partial charge in [-0.2, -0.15) is 5.26 Å². The minimum absolute atomic E-state index is 0.0486. The first kappa shape index (κ1) is 19.3. The Bertz CT molecular complexity index is 945. The van der Waals surface area contributed by atoms with Crippen LogP contribution in [0.15, 0.2) is 30.5 Å². The number of hydrogen-bond donors (Lipinski definition) is 1. The van der Waals surface area contributed by atoms with Crippen LogP contribution in [-0.2, 0) is 4.74 Å². The topological polar surface area (TPSA) is 92.8 Å². The van der Waals surface area contributed by atoms with E-state index < -0.39 is 0 Å². The van der Waals surface area contributed by atoms with Gasteiger partial charge in [-0.1, -0.05) is 12.1 Å². The number of carbonyl (C=O) groups is 1. The highest BCUT2D eigenvalue weighted by molar-refractivity contribution is 5.94. The number of amides is 1. The van der Waals surface area contributed by atoms with E-state index in [1.54, 1.807) is 24.3 Å². The fourth-order valence-corrected chi connectivity index (χ4v) is 5.52. The second-order valence-electron chi connectivity index (χ2n) is 8.89. The van der Waals surface area contributed by atoms with Gasteiger partial charge in [0.1, 0.15) is 0 Å². The molecule has 30 heavy (non-hydrogen) atoms. The van der Waals surface area contributed by atoms with Crippen molar-refractivity contribution in [3.05, 3.63) is 47.3 Å². The van der Waals surface area contributed by atoms with Crippen LogP contribution in [0.2, 0.25) is 0 Å². The van der Waals surface area contributed by atoms with Crippen LogP contribution in [0.3, 0.4) is 0 Å². The van der Waals surface area contributed by atoms with Gasteiger partial charge in [-0.25, -0.2) is 4.68 Å². The molecule has 1 saturated heterocycles. The van der Waals surface area contributed by atoms with Gasteiger partial charge in [0.2, 0.25) is 0 Å². The SMILES string of the molecule is CC[C@@H](NC(=O)c1ccc(C#N)cc1)C1[C@H]2CC(n3cc(C4CCOC4)nn3)C[C@@H]12. The van der Waals surface area contributed by atoms with Crippen molar-refractivity contribution >= 4 is 5.91 Å². The van der Waals surface area contributed by atoms with Crippen molar-refractivity contribution in [3.63, 3.8) is 0 Å². The molecule has 3 unspecified atom stereocenters. The number of nitriles is 1. The Morgan fingerprint density at radius 2 is 2.10 bits per heavy atom. The average Bonchev–Trinajstić information content (AvgIpc) is 3.31. The van der Waals surface area contributed by atoms with Crippen molar-refractivity contribution in [2.45, 2.75) is 50.6 Å². The summed E-state index contributed by atoms with van der Waals surface area (Å²) in [6.45, 7) is 3.72. The van der Waals surface area contributed by atoms with Crippen molar-refractivity contribution in [1.82, 2.24) is 20.3 Å². The lowest BCUT2D eigenvalue weighted by atomic mass is 9.99. The molecule has 5 rings (SSSR count). The van der Waals surface area contributed by atoms with Crippen molar-refractivity contribution in [1.29, 1.82) is 5.26 Å². The summed E-state index contributed by atoms with van der Waals surface area (Å²) in [7, 11) is 0. The summed E-state index contributed by atoms with van der Waals surface area (Å²) >= 11 is 0. The second-order valence-corrected chi connectivity index (χ2v) is 8.89. The summed E-state index contributed by atoms with van der Waals surface area (Å²) < 4.78 is 7.54. The van der Waals surface area contributed by atoms with Crippen molar-refractivity contribution in [2.75, 3.05) is 13.2 Å². The van der Waals surface area contributed by atoms with E-state index in [2.05, 4.69) is 39.5 Å². The minimum Gasteiger partial charge on any atom is -0.381 e. The summed E-state index contributed by atoms with van der Waals surface area (Å²) in [5.41, 5.74) is 2.24. The zero-order valence-electron chi connectivity index (χ0n) is 17.2. The largest absolute Gasteiger partial charge is 0.381 e. The van der Waals surface area contributed by atoms with E-state index in [0.29, 0.717) is 40.8 Å². The maximum atomic E-state index is 12.7. The molecule has 6 atom stereocenters. The van der Waals surface area contributed by atoms with Gasteiger partial charge in [0.15, 0.2) is 0 Å². The van der Waals surface area contributed by atoms with Crippen LogP contribution in [0.4, 0.5) is 0 Å². The number of fused-ring (bicyclic) bond motifs is 1. The summed E-state index contributed by atoms with van der Waals surface area (Å²) in [5, 5.41) is 21.0. The van der Waals surface area contributed by atoms with Crippen LogP contribution in [0.5, 0.6) is 0 Å². The number of benzene rings is 1. The average molecular weight is 406 g/mol. The van der Waals surface area contributed by atoms with Crippen LogP contribution in [0.1, 0.15) is 66.2 Å². The standard InChI is InChI=1S/C23H27N5O2/c1-2-20(25-23(29)15-5-3-14(11-24)4-6-15)22-18-9-17(10-19(18)22)28-12-21(26-27-28)16-7-8-30-13-16/h3-6,12,16-20,22H,2,7-10,13H2,1H3,(H,25,29)/t16?,17?,18-,19+,20-,22?/m1/s1. The monoisotopic (exact) mass is 405 g/mol. The number of rotatable bonds is 6. The molecule has 3 aliphatic rings. The highest BCUT2D eigenvalue weighted by Crippen LogP contribution is 2.62. The first-order valence-electron chi connectivity index (χ1n) is 11.0. The van der Waals surface area contributed by atoms with Gasteiger partial charge in [-0.05, 0) is 67.7 Å². The lowest BCUT2D eigenvalue weighted by Gasteiger charge is -2.21. The molecule has 1 amide bonds. The van der Waals surface area contributed by atoms with E-state index in [-0.39, 0.29) is 11.9 Å². The Hall–Kier alpha value is -2.72. The molecule has 1 N–H and O–H groups in total. The van der Waals surface area contributed by atoms with E-state index in [4.69, 9.17) is 10.00 Å². The van der Waals surface area contributed by atoms with Crippen LogP contribution < -0.4 is 5.32 Å². The molecular formula is C23H27N5O2. The van der Waals surface area contributed by atoms with Crippen molar-refractivity contribution in [2.24, 2.45) is 17.8 Å². The third kappa shape index (κ3) is 3.50. The minimum atomic E-state index is -0.0486. The third-order valence-electron chi connectivity index (χ3n) is 7.23. The molecule has 2 aromatic rings. The summed E-state index contributed by atoms with van der Waals surface area (Å²) in [6, 6.07) is 9.54. The normalized spacial score (nSPS) is 30.5. The molecular weight excluding hydrogens is 378 g/mol. The van der Waals surface area contributed by atoms with Crippen LogP contribution in [0.25, 0.3) is 0 Å². The van der Waals surface area contributed by atoms with Crippen LogP contribution >= 0.6 is 0 Å². The van der Waals surface area contributed by atoms with Gasteiger partial charge >= 0.3 is 0 Å². The number of nitrogens with zero attached hydrogens (tertiary/aromatic N) is 4. The number of ether oxygens (including phenoxy) is 1. The molecule has 2 heterocycles. The molecule has 7 nitrogen and oxygen atoms in total. The zero-order chi connectivity index (χ0) is 20.7. The Labute approximate surface area is 176 Å². The molecule has 3 fully saturated rings. The Kier molecular flexibility index (Phi) is 5.03. The lowest BCUT2D eigenvalue weighted by Crippen LogP contribution is -2.37. The number of hydrogen-bond acceptors (Lipinski definition) is 5. The van der Waals surface area contributed by atoms with Crippen LogP contribution in [-0.4, -0.2) is 40.2 Å². The van der Waals surface area contributed by atoms with E-state index in [9.17, 15) is 4.79 Å². The van der Waals surface area contributed by atoms with E-state index in [0.717, 1.165) is 44.6 Å². The van der Waals surface area contributed by atoms with Gasteiger partial charge in [0, 0.05) is 30.3 Å². The highest BCUT2D eigenvalue weighted by Gasteiger charge is 2.59. The highest BCUT2D eigenvalue weighted by atomic mass is 16.5. The fraction of sp³-hybridized carbons (Fsp3) is 0.565. The van der Waals surface area contributed by atoms with Gasteiger partial charge in [-0.15, -0.1) is 5.10 Å². The molecule has 0 bridgehead atoms. The molecule has 2 aliphatic carbocycles. The van der Waals surface area contributed by atoms with Crippen molar-refractivity contribution in [3.8, 4) is 6.07 Å². The molecule has 7 heteroatoms. The van der Waals surface area contributed by atoms with Gasteiger partial charge in [-0.3, -0.25) is 4.79 Å². The van der Waals surface area contributed by atoms with E-state index in [1.165, 1.54) is 0 Å². The zero-order valence-corrected chi connectivity index (χ0v) is 17.2. The van der Waals surface area contributed by atoms with Gasteiger partial charge in [0.25, 0.3) is 5.91 Å². The Balaban J connectivity index is 1.17. The summed E-state index contributed by atoms with van der Waals surface area (Å²) in [4.78, 5) is 12.7. The molecule has 1 aromatic carbocycles. The van der Waals surface area contributed by atoms with Gasteiger partial charge < -0.3 is 10.1 Å². The molecule has 156 valence electrons. The molecule has 0 spiro atoms. The second kappa shape index (κ2) is 7.84. The fourth-order valence-electron chi connectivity index (χ4n) is 5.52. The number of carbonyl (C=O) groups excluding carboxylic acids is 1. The van der Waals surface area contributed by atoms with Crippen LogP contribution in [0, 0.1) is 29.1 Å². The van der Waals surface area contributed by atoms with Gasteiger partial charge in [0.05, 0.1) is 30.0 Å². The molecule has 2 saturated carbocycles. The smallest absolute Gasteiger partial charge is 0.251 e. The maximum Gasteiger partial charge on any atom is 0.251 e. The Morgan fingerprint density at radius 1 is 1.33 bits per heavy atom. The van der Waals surface area contributed by atoms with Crippen molar-refractivity contribution < 1.29 is 9.53 Å². The lowest BCUT2D eigenvalue weighted by molar-refractivity contribution is 0.0926. The van der Waals surface area contributed by atoms with E-state index >= 15 is 0 Å². The molecule has 1 aromatic heterocycles. The first-order valence-corrected chi connectivity index (χ1v) is 11.0.